The average molecular weight is 221 g/mol. The summed E-state index contributed by atoms with van der Waals surface area (Å²) in [6, 6.07) is 0. The summed E-state index contributed by atoms with van der Waals surface area (Å²) in [6.45, 7) is 4.40. The Bertz CT molecular complexity index is 465. The van der Waals surface area contributed by atoms with Gasteiger partial charge in [0, 0.05) is 24.0 Å². The quantitative estimate of drug-likeness (QED) is 0.799. The molecule has 4 heteroatoms. The zero-order valence-electron chi connectivity index (χ0n) is 8.86. The summed E-state index contributed by atoms with van der Waals surface area (Å²) in [5.41, 5.74) is 2.62. The number of imidazole rings is 1. The first-order chi connectivity index (χ1) is 7.36. The average Bonchev–Trinajstić information content (AvgIpc) is 2.78. The van der Waals surface area contributed by atoms with E-state index in [-0.39, 0.29) is 0 Å². The molecule has 1 fully saturated rings. The lowest BCUT2D eigenvalue weighted by Crippen LogP contribution is -2.29. The second-order valence-electron chi connectivity index (χ2n) is 4.18. The predicted octanol–water partition coefficient (Wildman–Crippen LogP) is 2.17. The number of aryl methyl sites for hydroxylation is 1. The van der Waals surface area contributed by atoms with Crippen LogP contribution in [0.3, 0.4) is 0 Å². The molecule has 0 radical (unpaired) electrons. The summed E-state index contributed by atoms with van der Waals surface area (Å²) in [5.74, 6) is 0.642. The molecule has 0 aromatic carbocycles. The van der Waals surface area contributed by atoms with Gasteiger partial charge in [-0.1, -0.05) is 0 Å². The number of aromatic nitrogens is 2. The monoisotopic (exact) mass is 221 g/mol. The van der Waals surface area contributed by atoms with Crippen molar-refractivity contribution in [3.05, 3.63) is 23.0 Å². The number of nitrogens with one attached hydrogen (secondary N) is 1. The molecule has 0 spiro atoms. The van der Waals surface area contributed by atoms with E-state index >= 15 is 0 Å². The van der Waals surface area contributed by atoms with Crippen molar-refractivity contribution >= 4 is 16.3 Å². The lowest BCUT2D eigenvalue weighted by Gasteiger charge is -2.22. The summed E-state index contributed by atoms with van der Waals surface area (Å²) < 4.78 is 2.26. The third kappa shape index (κ3) is 1.48. The fraction of sp³-hybridized carbons (Fsp3) is 0.545. The minimum atomic E-state index is 0.642. The Labute approximate surface area is 93.1 Å². The molecule has 1 saturated heterocycles. The maximum atomic E-state index is 4.60. The van der Waals surface area contributed by atoms with E-state index in [4.69, 9.17) is 0 Å². The van der Waals surface area contributed by atoms with Gasteiger partial charge in [0.1, 0.15) is 0 Å². The molecule has 0 aliphatic carbocycles. The summed E-state index contributed by atoms with van der Waals surface area (Å²) >= 11 is 1.72. The standard InChI is InChI=1S/C11H15N3S/c1-8-10(9-3-2-4-12-7-9)14-5-6-15-11(14)13-8/h5-6,9,12H,2-4,7H2,1H3. The molecule has 1 unspecified atom stereocenters. The lowest BCUT2D eigenvalue weighted by molar-refractivity contribution is 0.451. The first kappa shape index (κ1) is 9.36. The highest BCUT2D eigenvalue weighted by Gasteiger charge is 2.21. The second-order valence-corrected chi connectivity index (χ2v) is 5.05. The van der Waals surface area contributed by atoms with Crippen LogP contribution in [0.25, 0.3) is 4.96 Å². The Morgan fingerprint density at radius 1 is 1.60 bits per heavy atom. The van der Waals surface area contributed by atoms with Crippen LogP contribution < -0.4 is 5.32 Å². The molecule has 3 rings (SSSR count). The third-order valence-electron chi connectivity index (χ3n) is 3.17. The van der Waals surface area contributed by atoms with E-state index in [0.29, 0.717) is 5.92 Å². The summed E-state index contributed by atoms with van der Waals surface area (Å²) in [4.78, 5) is 5.73. The summed E-state index contributed by atoms with van der Waals surface area (Å²) in [5, 5.41) is 5.58. The van der Waals surface area contributed by atoms with E-state index in [0.717, 1.165) is 11.5 Å². The first-order valence-corrected chi connectivity index (χ1v) is 6.37. The molecule has 2 aromatic heterocycles. The van der Waals surface area contributed by atoms with Crippen LogP contribution in [0, 0.1) is 6.92 Å². The maximum absolute atomic E-state index is 4.60. The van der Waals surface area contributed by atoms with Crippen LogP contribution in [0.5, 0.6) is 0 Å². The van der Waals surface area contributed by atoms with Crippen LogP contribution in [0.1, 0.15) is 30.1 Å². The molecule has 1 atom stereocenters. The molecular formula is C11H15N3S. The fourth-order valence-corrected chi connectivity index (χ4v) is 3.26. The van der Waals surface area contributed by atoms with Crippen molar-refractivity contribution < 1.29 is 0 Å². The summed E-state index contributed by atoms with van der Waals surface area (Å²) in [7, 11) is 0. The van der Waals surface area contributed by atoms with Crippen LogP contribution in [0.4, 0.5) is 0 Å². The van der Waals surface area contributed by atoms with Gasteiger partial charge in [0.05, 0.1) is 11.4 Å². The van der Waals surface area contributed by atoms with E-state index in [9.17, 15) is 0 Å². The Hall–Kier alpha value is -0.870. The fourth-order valence-electron chi connectivity index (χ4n) is 2.49. The predicted molar refractivity (Wildman–Crippen MR) is 62.7 cm³/mol. The van der Waals surface area contributed by atoms with E-state index in [2.05, 4.69) is 33.2 Å². The van der Waals surface area contributed by atoms with Gasteiger partial charge in [-0.15, -0.1) is 11.3 Å². The van der Waals surface area contributed by atoms with Gasteiger partial charge >= 0.3 is 0 Å². The van der Waals surface area contributed by atoms with E-state index in [1.165, 1.54) is 30.8 Å². The van der Waals surface area contributed by atoms with Gasteiger partial charge in [-0.05, 0) is 26.3 Å². The van der Waals surface area contributed by atoms with E-state index in [1.54, 1.807) is 11.3 Å². The number of fused-ring (bicyclic) bond motifs is 1. The van der Waals surface area contributed by atoms with Crippen LogP contribution in [-0.2, 0) is 0 Å². The number of rotatable bonds is 1. The molecule has 3 nitrogen and oxygen atoms in total. The highest BCUT2D eigenvalue weighted by Crippen LogP contribution is 2.28. The Morgan fingerprint density at radius 3 is 3.33 bits per heavy atom. The minimum absolute atomic E-state index is 0.642. The number of hydrogen-bond acceptors (Lipinski definition) is 3. The molecule has 15 heavy (non-hydrogen) atoms. The van der Waals surface area contributed by atoms with E-state index in [1.807, 2.05) is 0 Å². The van der Waals surface area contributed by atoms with Gasteiger partial charge in [-0.3, -0.25) is 4.40 Å². The highest BCUT2D eigenvalue weighted by molar-refractivity contribution is 7.15. The first-order valence-electron chi connectivity index (χ1n) is 5.49. The van der Waals surface area contributed by atoms with Gasteiger partial charge in [0.2, 0.25) is 0 Å². The van der Waals surface area contributed by atoms with Gasteiger partial charge in [0.25, 0.3) is 0 Å². The molecule has 1 N–H and O–H groups in total. The molecular weight excluding hydrogens is 206 g/mol. The van der Waals surface area contributed by atoms with Crippen LogP contribution in [0.15, 0.2) is 11.6 Å². The van der Waals surface area contributed by atoms with Crippen molar-refractivity contribution in [3.63, 3.8) is 0 Å². The van der Waals surface area contributed by atoms with Gasteiger partial charge < -0.3 is 5.32 Å². The number of hydrogen-bond donors (Lipinski definition) is 1. The largest absolute Gasteiger partial charge is 0.316 e. The van der Waals surface area contributed by atoms with Gasteiger partial charge in [0.15, 0.2) is 4.96 Å². The Kier molecular flexibility index (Phi) is 2.25. The normalized spacial score (nSPS) is 22.3. The summed E-state index contributed by atoms with van der Waals surface area (Å²) in [6.07, 6.45) is 4.71. The SMILES string of the molecule is Cc1nc2sccn2c1C1CCCNC1. The van der Waals surface area contributed by atoms with Crippen molar-refractivity contribution in [3.8, 4) is 0 Å². The molecule has 0 bridgehead atoms. The number of nitrogens with zero attached hydrogens (tertiary/aromatic N) is 2. The Balaban J connectivity index is 2.07. The van der Waals surface area contributed by atoms with Crippen molar-refractivity contribution in [1.82, 2.24) is 14.7 Å². The van der Waals surface area contributed by atoms with Gasteiger partial charge in [-0.2, -0.15) is 0 Å². The topological polar surface area (TPSA) is 29.3 Å². The number of thiazole rings is 1. The van der Waals surface area contributed by atoms with Crippen molar-refractivity contribution in [2.75, 3.05) is 13.1 Å². The van der Waals surface area contributed by atoms with Crippen LogP contribution >= 0.6 is 11.3 Å². The Morgan fingerprint density at radius 2 is 2.53 bits per heavy atom. The lowest BCUT2D eigenvalue weighted by atomic mass is 9.95. The molecule has 2 aromatic rings. The van der Waals surface area contributed by atoms with Crippen molar-refractivity contribution in [1.29, 1.82) is 0 Å². The zero-order valence-corrected chi connectivity index (χ0v) is 9.68. The molecule has 1 aliphatic heterocycles. The molecule has 1 aliphatic rings. The van der Waals surface area contributed by atoms with Gasteiger partial charge in [-0.25, -0.2) is 4.98 Å². The highest BCUT2D eigenvalue weighted by atomic mass is 32.1. The van der Waals surface area contributed by atoms with Crippen LogP contribution in [0.2, 0.25) is 0 Å². The molecule has 0 amide bonds. The molecule has 80 valence electrons. The molecule has 3 heterocycles. The minimum Gasteiger partial charge on any atom is -0.316 e. The van der Waals surface area contributed by atoms with Crippen molar-refractivity contribution in [2.24, 2.45) is 0 Å². The second kappa shape index (κ2) is 3.61. The maximum Gasteiger partial charge on any atom is 0.194 e. The number of piperidine rings is 1. The van der Waals surface area contributed by atoms with Crippen LogP contribution in [-0.4, -0.2) is 22.5 Å². The van der Waals surface area contributed by atoms with E-state index < -0.39 is 0 Å². The zero-order chi connectivity index (χ0) is 10.3. The smallest absolute Gasteiger partial charge is 0.194 e. The van der Waals surface area contributed by atoms with Crippen molar-refractivity contribution in [2.45, 2.75) is 25.7 Å². The third-order valence-corrected chi connectivity index (χ3v) is 3.92. The molecule has 0 saturated carbocycles.